The molecule has 4 fully saturated rings. The molecule has 0 radical (unpaired) electrons. The second-order valence-electron chi connectivity index (χ2n) is 9.88. The first-order valence-electron chi connectivity index (χ1n) is 11.4. The molecule has 1 N–H and O–H groups in total. The Morgan fingerprint density at radius 3 is 1.97 bits per heavy atom. The Kier molecular flexibility index (Phi) is 4.72. The van der Waals surface area contributed by atoms with Gasteiger partial charge in [-0.3, -0.25) is 0 Å². The molecular weight excluding hydrogens is 423 g/mol. The maximum Gasteiger partial charge on any atom is 0.0959 e. The number of hydrogen-bond donors (Lipinski definition) is 1. The van der Waals surface area contributed by atoms with Gasteiger partial charge >= 0.3 is 0 Å². The number of halogens is 2. The van der Waals surface area contributed by atoms with Crippen molar-refractivity contribution < 1.29 is 5.11 Å². The summed E-state index contributed by atoms with van der Waals surface area (Å²) in [5.74, 6) is 2.25. The summed E-state index contributed by atoms with van der Waals surface area (Å²) < 4.78 is 0. The van der Waals surface area contributed by atoms with Crippen molar-refractivity contribution in [2.75, 3.05) is 0 Å². The molecule has 0 aromatic heterocycles. The van der Waals surface area contributed by atoms with Crippen LogP contribution in [0, 0.1) is 23.7 Å². The molecule has 0 heterocycles. The van der Waals surface area contributed by atoms with E-state index >= 15 is 0 Å². The Morgan fingerprint density at radius 1 is 0.677 bits per heavy atom. The van der Waals surface area contributed by atoms with E-state index in [2.05, 4.69) is 42.5 Å². The molecule has 4 aliphatic rings. The second-order valence-corrected chi connectivity index (χ2v) is 10.7. The zero-order chi connectivity index (χ0) is 21.2. The van der Waals surface area contributed by atoms with Crippen LogP contribution in [0.25, 0.3) is 22.3 Å². The SMILES string of the molecule is OC1(c2cc(-c3ccccc3)ccc2-c2ccc(Cl)cc2Cl)C2CC3CC(C2)CC1C3. The molecule has 3 aromatic rings. The lowest BCUT2D eigenvalue weighted by Gasteiger charge is -2.59. The van der Waals surface area contributed by atoms with E-state index in [9.17, 15) is 5.11 Å². The maximum atomic E-state index is 12.5. The van der Waals surface area contributed by atoms with Gasteiger partial charge in [0.25, 0.3) is 0 Å². The van der Waals surface area contributed by atoms with Crippen LogP contribution in [0.5, 0.6) is 0 Å². The quantitative estimate of drug-likeness (QED) is 0.430. The lowest BCUT2D eigenvalue weighted by molar-refractivity contribution is -0.179. The normalized spacial score (nSPS) is 31.2. The van der Waals surface area contributed by atoms with Gasteiger partial charge < -0.3 is 5.11 Å². The first kappa shape index (κ1) is 19.9. The fraction of sp³-hybridized carbons (Fsp3) is 0.357. The van der Waals surface area contributed by atoms with Crippen molar-refractivity contribution >= 4 is 23.2 Å². The van der Waals surface area contributed by atoms with Gasteiger partial charge in [0.05, 0.1) is 5.60 Å². The summed E-state index contributed by atoms with van der Waals surface area (Å²) in [6, 6.07) is 22.7. The van der Waals surface area contributed by atoms with Gasteiger partial charge in [0.2, 0.25) is 0 Å². The van der Waals surface area contributed by atoms with Crippen molar-refractivity contribution in [2.45, 2.75) is 37.7 Å². The summed E-state index contributed by atoms with van der Waals surface area (Å²) in [6.45, 7) is 0. The largest absolute Gasteiger partial charge is 0.385 e. The third kappa shape index (κ3) is 3.17. The van der Waals surface area contributed by atoms with Crippen LogP contribution >= 0.6 is 23.2 Å². The molecule has 7 rings (SSSR count). The van der Waals surface area contributed by atoms with E-state index in [1.165, 1.54) is 12.0 Å². The lowest BCUT2D eigenvalue weighted by Crippen LogP contribution is -2.55. The minimum absolute atomic E-state index is 0.333. The van der Waals surface area contributed by atoms with Crippen molar-refractivity contribution in [1.82, 2.24) is 0 Å². The van der Waals surface area contributed by atoms with Crippen LogP contribution in [0.4, 0.5) is 0 Å². The van der Waals surface area contributed by atoms with Crippen molar-refractivity contribution in [2.24, 2.45) is 23.7 Å². The number of benzene rings is 3. The molecule has 4 saturated carbocycles. The van der Waals surface area contributed by atoms with Gasteiger partial charge in [-0.25, -0.2) is 0 Å². The molecule has 0 spiro atoms. The van der Waals surface area contributed by atoms with Crippen molar-refractivity contribution in [3.05, 3.63) is 82.3 Å². The molecule has 3 heteroatoms. The molecule has 0 atom stereocenters. The molecule has 3 aromatic carbocycles. The Morgan fingerprint density at radius 2 is 1.32 bits per heavy atom. The zero-order valence-corrected chi connectivity index (χ0v) is 18.9. The summed E-state index contributed by atoms with van der Waals surface area (Å²) in [5, 5.41) is 13.7. The smallest absolute Gasteiger partial charge is 0.0959 e. The number of aliphatic hydroxyl groups is 1. The van der Waals surface area contributed by atoms with E-state index in [4.69, 9.17) is 23.2 Å². The van der Waals surface area contributed by atoms with Gasteiger partial charge in [0.15, 0.2) is 0 Å². The molecule has 0 aliphatic heterocycles. The van der Waals surface area contributed by atoms with Crippen LogP contribution < -0.4 is 0 Å². The molecule has 0 unspecified atom stereocenters. The van der Waals surface area contributed by atoms with E-state index in [0.717, 1.165) is 59.8 Å². The fourth-order valence-corrected chi connectivity index (χ4v) is 7.48. The standard InChI is InChI=1S/C28H26Cl2O/c29-23-7-9-25(27(30)16-23)24-8-6-20(19-4-2-1-3-5-19)15-26(24)28(31)21-11-17-10-18(13-21)14-22(28)12-17/h1-9,15-18,21-22,31H,10-14H2. The predicted molar refractivity (Wildman–Crippen MR) is 128 cm³/mol. The van der Waals surface area contributed by atoms with Crippen molar-refractivity contribution in [3.8, 4) is 22.3 Å². The third-order valence-corrected chi connectivity index (χ3v) is 8.71. The average Bonchev–Trinajstić information content (AvgIpc) is 2.77. The highest BCUT2D eigenvalue weighted by atomic mass is 35.5. The average molecular weight is 449 g/mol. The van der Waals surface area contributed by atoms with Gasteiger partial charge in [-0.2, -0.15) is 0 Å². The summed E-state index contributed by atoms with van der Waals surface area (Å²) in [6.07, 6.45) is 5.95. The highest BCUT2D eigenvalue weighted by Gasteiger charge is 2.57. The van der Waals surface area contributed by atoms with E-state index in [1.54, 1.807) is 6.07 Å². The number of rotatable bonds is 3. The topological polar surface area (TPSA) is 20.2 Å². The molecule has 31 heavy (non-hydrogen) atoms. The first-order chi connectivity index (χ1) is 15.0. The summed E-state index contributed by atoms with van der Waals surface area (Å²) in [5.41, 5.74) is 4.55. The zero-order valence-electron chi connectivity index (χ0n) is 17.4. The Bertz CT molecular complexity index is 1110. The summed E-state index contributed by atoms with van der Waals surface area (Å²) >= 11 is 12.9. The maximum absolute atomic E-state index is 12.5. The van der Waals surface area contributed by atoms with Crippen LogP contribution in [0.2, 0.25) is 10.0 Å². The molecule has 158 valence electrons. The van der Waals surface area contributed by atoms with E-state index in [-0.39, 0.29) is 0 Å². The minimum atomic E-state index is -0.795. The van der Waals surface area contributed by atoms with Crippen molar-refractivity contribution in [1.29, 1.82) is 0 Å². The second kappa shape index (κ2) is 7.37. The molecule has 0 amide bonds. The summed E-state index contributed by atoms with van der Waals surface area (Å²) in [4.78, 5) is 0. The van der Waals surface area contributed by atoms with Gasteiger partial charge in [0.1, 0.15) is 0 Å². The molecule has 0 saturated heterocycles. The van der Waals surface area contributed by atoms with E-state index < -0.39 is 5.60 Å². The van der Waals surface area contributed by atoms with Gasteiger partial charge in [-0.05, 0) is 96.2 Å². The molecular formula is C28H26Cl2O. The molecule has 1 nitrogen and oxygen atoms in total. The van der Waals surface area contributed by atoms with Crippen LogP contribution in [0.15, 0.2) is 66.7 Å². The van der Waals surface area contributed by atoms with Crippen LogP contribution in [0.3, 0.4) is 0 Å². The Labute approximate surface area is 194 Å². The first-order valence-corrected chi connectivity index (χ1v) is 12.2. The lowest BCUT2D eigenvalue weighted by atomic mass is 9.48. The predicted octanol–water partition coefficient (Wildman–Crippen LogP) is 7.97. The van der Waals surface area contributed by atoms with E-state index in [0.29, 0.717) is 21.9 Å². The Hall–Kier alpha value is -1.80. The highest BCUT2D eigenvalue weighted by molar-refractivity contribution is 6.36. The van der Waals surface area contributed by atoms with Crippen LogP contribution in [-0.4, -0.2) is 5.11 Å². The monoisotopic (exact) mass is 448 g/mol. The molecule has 4 aliphatic carbocycles. The number of hydrogen-bond acceptors (Lipinski definition) is 1. The third-order valence-electron chi connectivity index (χ3n) is 8.16. The fourth-order valence-electron chi connectivity index (χ4n) is 6.97. The Balaban J connectivity index is 1.56. The van der Waals surface area contributed by atoms with Gasteiger partial charge in [-0.1, -0.05) is 71.7 Å². The van der Waals surface area contributed by atoms with Gasteiger partial charge in [-0.15, -0.1) is 0 Å². The highest BCUT2D eigenvalue weighted by Crippen LogP contribution is 2.63. The van der Waals surface area contributed by atoms with Crippen molar-refractivity contribution in [3.63, 3.8) is 0 Å². The van der Waals surface area contributed by atoms with Gasteiger partial charge in [0, 0.05) is 15.6 Å². The summed E-state index contributed by atoms with van der Waals surface area (Å²) in [7, 11) is 0. The van der Waals surface area contributed by atoms with Crippen LogP contribution in [-0.2, 0) is 5.60 Å². The molecule has 4 bridgehead atoms. The van der Waals surface area contributed by atoms with Crippen LogP contribution in [0.1, 0.15) is 37.7 Å². The minimum Gasteiger partial charge on any atom is -0.385 e. The van der Waals surface area contributed by atoms with E-state index in [1.807, 2.05) is 18.2 Å².